The van der Waals surface area contributed by atoms with Gasteiger partial charge in [0.15, 0.2) is 0 Å². The van der Waals surface area contributed by atoms with Crippen LogP contribution in [0.5, 0.6) is 11.5 Å². The maximum atomic E-state index is 12.2. The lowest BCUT2D eigenvalue weighted by molar-refractivity contribution is -0.121. The van der Waals surface area contributed by atoms with Crippen molar-refractivity contribution in [2.45, 2.75) is 44.9 Å². The Morgan fingerprint density at radius 2 is 0.915 bits per heavy atom. The van der Waals surface area contributed by atoms with E-state index in [1.54, 1.807) is 97.1 Å². The molecule has 47 heavy (non-hydrogen) atoms. The molecule has 0 aliphatic heterocycles. The number of ether oxygens (including phenoxy) is 2. The predicted molar refractivity (Wildman–Crippen MR) is 179 cm³/mol. The summed E-state index contributed by atoms with van der Waals surface area (Å²) in [6, 6.07) is 31.2. The summed E-state index contributed by atoms with van der Waals surface area (Å²) in [5, 5.41) is 8.00. The molecule has 0 atom stereocenters. The van der Waals surface area contributed by atoms with E-state index in [0.717, 1.165) is 19.3 Å². The zero-order valence-corrected chi connectivity index (χ0v) is 25.8. The van der Waals surface area contributed by atoms with Crippen LogP contribution in [0.3, 0.4) is 0 Å². The SMILES string of the molecule is O=C(CCCCCCCC(=O)NN=Cc1cccc(OC(=O)c2ccccc2)c1)NN=Cc1cccc(OC(=O)c2ccccc2)c1. The second-order valence-electron chi connectivity index (χ2n) is 10.5. The van der Waals surface area contributed by atoms with Crippen molar-refractivity contribution < 1.29 is 28.7 Å². The Balaban J connectivity index is 1.04. The summed E-state index contributed by atoms with van der Waals surface area (Å²) in [6.07, 6.45) is 7.71. The van der Waals surface area contributed by atoms with Gasteiger partial charge >= 0.3 is 11.9 Å². The van der Waals surface area contributed by atoms with E-state index in [0.29, 0.717) is 59.4 Å². The molecule has 0 unspecified atom stereocenters. The number of nitrogens with zero attached hydrogens (tertiary/aromatic N) is 2. The molecule has 0 spiro atoms. The van der Waals surface area contributed by atoms with Crippen LogP contribution in [0.2, 0.25) is 0 Å². The highest BCUT2D eigenvalue weighted by molar-refractivity contribution is 5.92. The number of rotatable bonds is 16. The molecule has 4 aromatic carbocycles. The van der Waals surface area contributed by atoms with E-state index < -0.39 is 11.9 Å². The van der Waals surface area contributed by atoms with Crippen LogP contribution in [0.15, 0.2) is 119 Å². The second kappa shape index (κ2) is 18.8. The Kier molecular flexibility index (Phi) is 13.6. The molecule has 240 valence electrons. The lowest BCUT2D eigenvalue weighted by Gasteiger charge is -2.05. The van der Waals surface area contributed by atoms with Gasteiger partial charge in [0.05, 0.1) is 23.6 Å². The minimum Gasteiger partial charge on any atom is -0.423 e. The third-order valence-corrected chi connectivity index (χ3v) is 6.77. The van der Waals surface area contributed by atoms with Gasteiger partial charge in [0, 0.05) is 12.8 Å². The van der Waals surface area contributed by atoms with Crippen molar-refractivity contribution in [2.24, 2.45) is 10.2 Å². The molecule has 4 rings (SSSR count). The van der Waals surface area contributed by atoms with Crippen molar-refractivity contribution in [3.05, 3.63) is 131 Å². The standard InChI is InChI=1S/C37H36N4O6/c42-34(40-38-26-28-14-12-20-32(24-28)46-36(44)30-16-6-4-7-17-30)22-10-2-1-3-11-23-35(43)41-39-27-29-15-13-21-33(25-29)47-37(45)31-18-8-5-9-19-31/h4-9,12-21,24-27H,1-3,10-11,22-23H2,(H,40,42)(H,41,43). The van der Waals surface area contributed by atoms with E-state index in [4.69, 9.17) is 9.47 Å². The van der Waals surface area contributed by atoms with E-state index in [2.05, 4.69) is 21.1 Å². The number of unbranched alkanes of at least 4 members (excludes halogenated alkanes) is 4. The molecule has 0 aromatic heterocycles. The highest BCUT2D eigenvalue weighted by Crippen LogP contribution is 2.16. The smallest absolute Gasteiger partial charge is 0.343 e. The number of carbonyl (C=O) groups excluding carboxylic acids is 4. The number of hydrogen-bond donors (Lipinski definition) is 2. The van der Waals surface area contributed by atoms with Gasteiger partial charge in [-0.25, -0.2) is 20.4 Å². The molecule has 2 amide bonds. The number of carbonyl (C=O) groups is 4. The van der Waals surface area contributed by atoms with Crippen LogP contribution >= 0.6 is 0 Å². The van der Waals surface area contributed by atoms with Crippen LogP contribution in [0.25, 0.3) is 0 Å². The fraction of sp³-hybridized carbons (Fsp3) is 0.189. The molecule has 10 heteroatoms. The molecule has 0 saturated carbocycles. The number of esters is 2. The maximum absolute atomic E-state index is 12.2. The quantitative estimate of drug-likeness (QED) is 0.0479. The van der Waals surface area contributed by atoms with Gasteiger partial charge < -0.3 is 9.47 Å². The lowest BCUT2D eigenvalue weighted by atomic mass is 10.1. The van der Waals surface area contributed by atoms with Gasteiger partial charge in [0.1, 0.15) is 11.5 Å². The van der Waals surface area contributed by atoms with E-state index >= 15 is 0 Å². The Hall–Kier alpha value is -5.90. The normalized spacial score (nSPS) is 10.9. The first-order valence-electron chi connectivity index (χ1n) is 15.3. The van der Waals surface area contributed by atoms with Gasteiger partial charge in [-0.15, -0.1) is 0 Å². The van der Waals surface area contributed by atoms with E-state index in [1.165, 1.54) is 12.4 Å². The molecule has 0 saturated heterocycles. The molecule has 0 bridgehead atoms. The predicted octanol–water partition coefficient (Wildman–Crippen LogP) is 6.46. The van der Waals surface area contributed by atoms with Crippen LogP contribution in [0.1, 0.15) is 76.8 Å². The van der Waals surface area contributed by atoms with E-state index in [-0.39, 0.29) is 11.8 Å². The zero-order valence-electron chi connectivity index (χ0n) is 25.8. The van der Waals surface area contributed by atoms with Crippen molar-refractivity contribution in [1.29, 1.82) is 0 Å². The average Bonchev–Trinajstić information content (AvgIpc) is 3.09. The van der Waals surface area contributed by atoms with Gasteiger partial charge in [0.25, 0.3) is 0 Å². The minimum absolute atomic E-state index is 0.190. The molecule has 0 aliphatic rings. The summed E-state index contributed by atoms with van der Waals surface area (Å²) in [6.45, 7) is 0. The third kappa shape index (κ3) is 12.6. The number of benzene rings is 4. The van der Waals surface area contributed by atoms with Crippen molar-refractivity contribution >= 4 is 36.2 Å². The topological polar surface area (TPSA) is 136 Å². The molecule has 0 heterocycles. The molecule has 0 aliphatic carbocycles. The van der Waals surface area contributed by atoms with E-state index in [9.17, 15) is 19.2 Å². The second-order valence-corrected chi connectivity index (χ2v) is 10.5. The molecular formula is C37H36N4O6. The Bertz CT molecular complexity index is 1560. The highest BCUT2D eigenvalue weighted by Gasteiger charge is 2.09. The first kappa shape index (κ1) is 34.0. The van der Waals surface area contributed by atoms with Crippen molar-refractivity contribution in [3.8, 4) is 11.5 Å². The van der Waals surface area contributed by atoms with Gasteiger partial charge in [-0.2, -0.15) is 10.2 Å². The summed E-state index contributed by atoms with van der Waals surface area (Å²) in [7, 11) is 0. The fourth-order valence-corrected chi connectivity index (χ4v) is 4.37. The number of hydrazone groups is 2. The van der Waals surface area contributed by atoms with E-state index in [1.807, 2.05) is 12.1 Å². The molecule has 10 nitrogen and oxygen atoms in total. The largest absolute Gasteiger partial charge is 0.423 e. The third-order valence-electron chi connectivity index (χ3n) is 6.77. The molecule has 4 aromatic rings. The highest BCUT2D eigenvalue weighted by atomic mass is 16.5. The number of nitrogens with one attached hydrogen (secondary N) is 2. The van der Waals surface area contributed by atoms with Gasteiger partial charge in [0.2, 0.25) is 11.8 Å². The van der Waals surface area contributed by atoms with Crippen LogP contribution in [-0.2, 0) is 9.59 Å². The Morgan fingerprint density at radius 1 is 0.511 bits per heavy atom. The zero-order chi connectivity index (χ0) is 33.1. The minimum atomic E-state index is -0.453. The van der Waals surface area contributed by atoms with Crippen molar-refractivity contribution in [1.82, 2.24) is 10.9 Å². The summed E-state index contributed by atoms with van der Waals surface area (Å²) < 4.78 is 10.8. The average molecular weight is 633 g/mol. The van der Waals surface area contributed by atoms with Crippen LogP contribution < -0.4 is 20.3 Å². The first-order chi connectivity index (χ1) is 23.0. The first-order valence-corrected chi connectivity index (χ1v) is 15.3. The van der Waals surface area contributed by atoms with Crippen molar-refractivity contribution in [2.75, 3.05) is 0 Å². The maximum Gasteiger partial charge on any atom is 0.343 e. The van der Waals surface area contributed by atoms with Crippen LogP contribution in [0.4, 0.5) is 0 Å². The summed E-state index contributed by atoms with van der Waals surface area (Å²) in [4.78, 5) is 48.7. The molecular weight excluding hydrogens is 596 g/mol. The number of amides is 2. The summed E-state index contributed by atoms with van der Waals surface area (Å²) >= 11 is 0. The fourth-order valence-electron chi connectivity index (χ4n) is 4.37. The Morgan fingerprint density at radius 3 is 1.34 bits per heavy atom. The lowest BCUT2D eigenvalue weighted by Crippen LogP contribution is -2.17. The van der Waals surface area contributed by atoms with Gasteiger partial charge in [-0.3, -0.25) is 9.59 Å². The molecule has 0 radical (unpaired) electrons. The van der Waals surface area contributed by atoms with Gasteiger partial charge in [-0.05, 0) is 72.5 Å². The number of hydrogen-bond acceptors (Lipinski definition) is 8. The summed E-state index contributed by atoms with van der Waals surface area (Å²) in [5.74, 6) is -0.526. The molecule has 2 N–H and O–H groups in total. The van der Waals surface area contributed by atoms with Crippen molar-refractivity contribution in [3.63, 3.8) is 0 Å². The van der Waals surface area contributed by atoms with Crippen LogP contribution in [0, 0.1) is 0 Å². The summed E-state index contributed by atoms with van der Waals surface area (Å²) in [5.41, 5.74) is 7.30. The Labute approximate surface area is 273 Å². The molecule has 0 fully saturated rings. The van der Waals surface area contributed by atoms with Gasteiger partial charge in [-0.1, -0.05) is 79.9 Å². The van der Waals surface area contributed by atoms with Crippen LogP contribution in [-0.4, -0.2) is 36.2 Å². The monoisotopic (exact) mass is 632 g/mol.